The van der Waals surface area contributed by atoms with Gasteiger partial charge in [0.2, 0.25) is 0 Å². The van der Waals surface area contributed by atoms with E-state index in [1.54, 1.807) is 0 Å². The summed E-state index contributed by atoms with van der Waals surface area (Å²) in [5, 5.41) is 0. The molecule has 0 fully saturated rings. The second-order valence-electron chi connectivity index (χ2n) is 7.67. The molecule has 0 N–H and O–H groups in total. The largest absolute Gasteiger partial charge is 0.338 e. The van der Waals surface area contributed by atoms with Gasteiger partial charge in [-0.1, -0.05) is 41.5 Å². The Morgan fingerprint density at radius 2 is 1.20 bits per heavy atom. The van der Waals surface area contributed by atoms with Crippen molar-refractivity contribution in [3.63, 3.8) is 0 Å². The maximum Gasteiger partial charge on any atom is 0.315 e. The van der Waals surface area contributed by atoms with E-state index in [1.165, 1.54) is 13.8 Å². The highest BCUT2D eigenvalue weighted by atomic mass is 19.3. The van der Waals surface area contributed by atoms with Crippen molar-refractivity contribution in [3.8, 4) is 0 Å². The first-order chi connectivity index (χ1) is 10.8. The van der Waals surface area contributed by atoms with E-state index in [1.807, 2.05) is 0 Å². The first-order valence-corrected chi connectivity index (χ1v) is 8.33. The van der Waals surface area contributed by atoms with Gasteiger partial charge in [0.25, 0.3) is 5.85 Å². The molecule has 1 nitrogen and oxygen atoms in total. The van der Waals surface area contributed by atoms with Crippen molar-refractivity contribution < 1.29 is 35.5 Å². The van der Waals surface area contributed by atoms with Crippen LogP contribution >= 0.6 is 0 Å². The van der Waals surface area contributed by atoms with Crippen LogP contribution in [0, 0.1) is 17.3 Å². The molecule has 0 radical (unpaired) electrons. The van der Waals surface area contributed by atoms with E-state index < -0.39 is 53.4 Å². The molecule has 0 bridgehead atoms. The molecule has 0 amide bonds. The predicted octanol–water partition coefficient (Wildman–Crippen LogP) is 6.71. The molecule has 0 aromatic carbocycles. The summed E-state index contributed by atoms with van der Waals surface area (Å²) in [7, 11) is 0. The molecular formula is C17H29F7O. The van der Waals surface area contributed by atoms with Gasteiger partial charge in [-0.3, -0.25) is 0 Å². The molecule has 25 heavy (non-hydrogen) atoms. The van der Waals surface area contributed by atoms with Crippen LogP contribution in [-0.2, 0) is 4.74 Å². The van der Waals surface area contributed by atoms with E-state index >= 15 is 4.39 Å². The second kappa shape index (κ2) is 7.24. The third kappa shape index (κ3) is 3.93. The second-order valence-corrected chi connectivity index (χ2v) is 7.67. The first kappa shape index (κ1) is 24.5. The number of alkyl halides is 7. The Balaban J connectivity index is 6.15. The third-order valence-electron chi connectivity index (χ3n) is 4.94. The number of hydrogen-bond acceptors (Lipinski definition) is 1. The molecule has 8 heteroatoms. The molecule has 0 heterocycles. The van der Waals surface area contributed by atoms with Crippen LogP contribution in [-0.4, -0.2) is 29.7 Å². The smallest absolute Gasteiger partial charge is 0.315 e. The molecule has 0 spiro atoms. The molecule has 0 aliphatic heterocycles. The van der Waals surface area contributed by atoms with Gasteiger partial charge in [-0.05, 0) is 13.8 Å². The Labute approximate surface area is 145 Å². The van der Waals surface area contributed by atoms with Crippen LogP contribution in [0.15, 0.2) is 0 Å². The highest BCUT2D eigenvalue weighted by molar-refractivity contribution is 5.05. The van der Waals surface area contributed by atoms with Gasteiger partial charge in [0.15, 0.2) is 0 Å². The van der Waals surface area contributed by atoms with Crippen molar-refractivity contribution in [3.05, 3.63) is 0 Å². The molecular weight excluding hydrogens is 353 g/mol. The fourth-order valence-corrected chi connectivity index (χ4v) is 2.66. The molecule has 2 atom stereocenters. The lowest BCUT2D eigenvalue weighted by Crippen LogP contribution is -2.63. The molecule has 152 valence electrons. The lowest BCUT2D eigenvalue weighted by Gasteiger charge is -2.48. The van der Waals surface area contributed by atoms with E-state index in [9.17, 15) is 26.3 Å². The molecule has 0 aliphatic carbocycles. The van der Waals surface area contributed by atoms with E-state index in [2.05, 4.69) is 0 Å². The van der Waals surface area contributed by atoms with Crippen LogP contribution in [0.5, 0.6) is 0 Å². The summed E-state index contributed by atoms with van der Waals surface area (Å²) < 4.78 is 106. The maximum atomic E-state index is 15.1. The fraction of sp³-hybridized carbons (Fsp3) is 1.00. The van der Waals surface area contributed by atoms with Crippen LogP contribution in [0.3, 0.4) is 0 Å². The van der Waals surface area contributed by atoms with Gasteiger partial charge in [-0.2, -0.15) is 26.3 Å². The third-order valence-corrected chi connectivity index (χ3v) is 4.94. The number of ether oxygens (including phenoxy) is 1. The van der Waals surface area contributed by atoms with Gasteiger partial charge in [0.1, 0.15) is 0 Å². The summed E-state index contributed by atoms with van der Waals surface area (Å²) in [6, 6.07) is 0. The maximum absolute atomic E-state index is 15.1. The average molecular weight is 382 g/mol. The summed E-state index contributed by atoms with van der Waals surface area (Å²) in [5.41, 5.74) is -2.90. The van der Waals surface area contributed by atoms with Crippen LogP contribution in [0.4, 0.5) is 30.7 Å². The highest BCUT2D eigenvalue weighted by Crippen LogP contribution is 2.58. The zero-order chi connectivity index (χ0) is 20.6. The van der Waals surface area contributed by atoms with E-state index in [0.717, 1.165) is 20.8 Å². The van der Waals surface area contributed by atoms with Crippen LogP contribution in [0.2, 0.25) is 0 Å². The zero-order valence-electron chi connectivity index (χ0n) is 16.0. The van der Waals surface area contributed by atoms with Gasteiger partial charge >= 0.3 is 17.8 Å². The van der Waals surface area contributed by atoms with Gasteiger partial charge < -0.3 is 4.74 Å². The van der Waals surface area contributed by atoms with Crippen LogP contribution in [0.25, 0.3) is 0 Å². The summed E-state index contributed by atoms with van der Waals surface area (Å²) >= 11 is 0. The lowest BCUT2D eigenvalue weighted by molar-refractivity contribution is -0.356. The summed E-state index contributed by atoms with van der Waals surface area (Å²) in [6.07, 6.45) is -2.18. The Morgan fingerprint density at radius 3 is 1.48 bits per heavy atom. The van der Waals surface area contributed by atoms with Crippen molar-refractivity contribution in [1.82, 2.24) is 0 Å². The van der Waals surface area contributed by atoms with Gasteiger partial charge in [0.05, 0.1) is 6.10 Å². The van der Waals surface area contributed by atoms with Crippen molar-refractivity contribution in [2.75, 3.05) is 0 Å². The Hall–Kier alpha value is -0.530. The van der Waals surface area contributed by atoms with E-state index in [-0.39, 0.29) is 0 Å². The lowest BCUT2D eigenvalue weighted by atomic mass is 9.67. The minimum absolute atomic E-state index is 0.602. The molecule has 2 unspecified atom stereocenters. The van der Waals surface area contributed by atoms with Crippen LogP contribution < -0.4 is 0 Å². The normalized spacial score (nSPS) is 18.6. The quantitative estimate of drug-likeness (QED) is 0.403. The average Bonchev–Trinajstić information content (AvgIpc) is 2.44. The number of rotatable bonds is 9. The SMILES string of the molecule is CCC(F)(F)C(F)(F)C(C)(C)C(C)C(F)(F)C(F)(OC(C)C)C(C)C. The van der Waals surface area contributed by atoms with Crippen molar-refractivity contribution in [2.24, 2.45) is 17.3 Å². The van der Waals surface area contributed by atoms with Gasteiger partial charge in [-0.25, -0.2) is 4.39 Å². The van der Waals surface area contributed by atoms with E-state index in [0.29, 0.717) is 20.8 Å². The monoisotopic (exact) mass is 382 g/mol. The number of hydrogen-bond donors (Lipinski definition) is 0. The molecule has 0 aromatic heterocycles. The molecule has 0 aliphatic rings. The van der Waals surface area contributed by atoms with Gasteiger partial charge in [0, 0.05) is 23.7 Å². The topological polar surface area (TPSA) is 9.23 Å². The minimum Gasteiger partial charge on any atom is -0.338 e. The Bertz CT molecular complexity index is 446. The Kier molecular flexibility index (Phi) is 7.08. The molecule has 0 saturated carbocycles. The molecule has 0 saturated heterocycles. The summed E-state index contributed by atoms with van der Waals surface area (Å²) in [4.78, 5) is 0. The van der Waals surface area contributed by atoms with Crippen molar-refractivity contribution in [1.29, 1.82) is 0 Å². The summed E-state index contributed by atoms with van der Waals surface area (Å²) in [5.74, 6) is -21.1. The van der Waals surface area contributed by atoms with E-state index in [4.69, 9.17) is 4.74 Å². The molecule has 0 aromatic rings. The molecule has 0 rings (SSSR count). The standard InChI is InChI=1S/C17H29F7O/c1-9-14(18,19)17(23,24)13(7,8)12(6)15(20,21)16(22,10(2)3)25-11(4)5/h10-12H,9H2,1-8H3. The minimum atomic E-state index is -4.77. The fourth-order valence-electron chi connectivity index (χ4n) is 2.66. The number of halogens is 7. The van der Waals surface area contributed by atoms with Crippen molar-refractivity contribution >= 4 is 0 Å². The first-order valence-electron chi connectivity index (χ1n) is 8.33. The highest BCUT2D eigenvalue weighted by Gasteiger charge is 2.72. The predicted molar refractivity (Wildman–Crippen MR) is 83.0 cm³/mol. The van der Waals surface area contributed by atoms with Gasteiger partial charge in [-0.15, -0.1) is 0 Å². The van der Waals surface area contributed by atoms with Crippen LogP contribution in [0.1, 0.15) is 61.8 Å². The Morgan fingerprint density at radius 1 is 0.800 bits per heavy atom. The van der Waals surface area contributed by atoms with Crippen molar-refractivity contribution in [2.45, 2.75) is 91.5 Å². The zero-order valence-corrected chi connectivity index (χ0v) is 16.0. The summed E-state index contributed by atoms with van der Waals surface area (Å²) in [6.45, 7) is 7.58.